The maximum absolute atomic E-state index is 12.2. The summed E-state index contributed by atoms with van der Waals surface area (Å²) in [5.74, 6) is 1.22. The van der Waals surface area contributed by atoms with Gasteiger partial charge in [0, 0.05) is 5.92 Å². The minimum Gasteiger partial charge on any atom is -0.465 e. The van der Waals surface area contributed by atoms with Gasteiger partial charge in [-0.25, -0.2) is 0 Å². The molecule has 0 bridgehead atoms. The molecule has 0 saturated heterocycles. The molecule has 4 heteroatoms. The Labute approximate surface area is 116 Å². The Balaban J connectivity index is 2.53. The van der Waals surface area contributed by atoms with Crippen LogP contribution in [-0.2, 0) is 14.3 Å². The molecule has 0 spiro atoms. The molecule has 1 aliphatic carbocycles. The van der Waals surface area contributed by atoms with Gasteiger partial charge in [0.2, 0.25) is 5.91 Å². The van der Waals surface area contributed by atoms with Crippen LogP contribution in [0.3, 0.4) is 0 Å². The van der Waals surface area contributed by atoms with Gasteiger partial charge in [-0.05, 0) is 37.5 Å². The second-order valence-electron chi connectivity index (χ2n) is 5.96. The van der Waals surface area contributed by atoms with Crippen LogP contribution >= 0.6 is 0 Å². The lowest BCUT2D eigenvalue weighted by Crippen LogP contribution is -2.42. The Morgan fingerprint density at radius 3 is 2.58 bits per heavy atom. The predicted molar refractivity (Wildman–Crippen MR) is 74.5 cm³/mol. The highest BCUT2D eigenvalue weighted by molar-refractivity contribution is 5.83. The average molecular weight is 269 g/mol. The van der Waals surface area contributed by atoms with Crippen molar-refractivity contribution in [2.45, 2.75) is 47.0 Å². The molecule has 110 valence electrons. The zero-order chi connectivity index (χ0) is 14.4. The molecule has 0 aromatic heterocycles. The fraction of sp³-hybridized carbons (Fsp3) is 0.867. The smallest absolute Gasteiger partial charge is 0.325 e. The first kappa shape index (κ1) is 16.0. The first-order valence-electron chi connectivity index (χ1n) is 7.39. The quantitative estimate of drug-likeness (QED) is 0.780. The van der Waals surface area contributed by atoms with Crippen LogP contribution in [0, 0.1) is 23.7 Å². The van der Waals surface area contributed by atoms with Crippen LogP contribution in [0.4, 0.5) is 0 Å². The third-order valence-corrected chi connectivity index (χ3v) is 4.07. The van der Waals surface area contributed by atoms with Crippen LogP contribution in [0.2, 0.25) is 0 Å². The summed E-state index contributed by atoms with van der Waals surface area (Å²) in [7, 11) is 0. The summed E-state index contributed by atoms with van der Waals surface area (Å²) < 4.78 is 4.82. The zero-order valence-corrected chi connectivity index (χ0v) is 12.6. The van der Waals surface area contributed by atoms with Crippen LogP contribution in [-0.4, -0.2) is 25.0 Å². The molecule has 0 heterocycles. The van der Waals surface area contributed by atoms with Gasteiger partial charge in [0.05, 0.1) is 6.61 Å². The van der Waals surface area contributed by atoms with Crippen molar-refractivity contribution in [2.24, 2.45) is 23.7 Å². The fourth-order valence-corrected chi connectivity index (χ4v) is 3.01. The minimum atomic E-state index is -0.360. The van der Waals surface area contributed by atoms with E-state index >= 15 is 0 Å². The number of rotatable bonds is 5. The van der Waals surface area contributed by atoms with Gasteiger partial charge in [-0.1, -0.05) is 27.2 Å². The van der Waals surface area contributed by atoms with Crippen LogP contribution < -0.4 is 5.32 Å². The van der Waals surface area contributed by atoms with E-state index in [0.29, 0.717) is 24.4 Å². The second-order valence-corrected chi connectivity index (χ2v) is 5.96. The maximum Gasteiger partial charge on any atom is 0.325 e. The van der Waals surface area contributed by atoms with E-state index in [-0.39, 0.29) is 24.3 Å². The van der Waals surface area contributed by atoms with E-state index in [1.807, 2.05) is 0 Å². The molecule has 1 amide bonds. The molecule has 0 aromatic rings. The van der Waals surface area contributed by atoms with Crippen molar-refractivity contribution in [1.82, 2.24) is 5.32 Å². The van der Waals surface area contributed by atoms with Crippen LogP contribution in [0.1, 0.15) is 47.0 Å². The van der Waals surface area contributed by atoms with E-state index in [1.165, 1.54) is 6.42 Å². The molecule has 1 unspecified atom stereocenters. The van der Waals surface area contributed by atoms with Gasteiger partial charge in [-0.3, -0.25) is 9.59 Å². The molecule has 1 N–H and O–H groups in total. The van der Waals surface area contributed by atoms with Gasteiger partial charge in [-0.2, -0.15) is 0 Å². The van der Waals surface area contributed by atoms with Gasteiger partial charge in [0.15, 0.2) is 0 Å². The molecule has 4 nitrogen and oxygen atoms in total. The van der Waals surface area contributed by atoms with E-state index in [2.05, 4.69) is 26.1 Å². The Hall–Kier alpha value is -1.06. The van der Waals surface area contributed by atoms with Gasteiger partial charge < -0.3 is 10.1 Å². The number of esters is 1. The summed E-state index contributed by atoms with van der Waals surface area (Å²) >= 11 is 0. The van der Waals surface area contributed by atoms with E-state index in [4.69, 9.17) is 4.74 Å². The van der Waals surface area contributed by atoms with Gasteiger partial charge in [-0.15, -0.1) is 0 Å². The van der Waals surface area contributed by atoms with Crippen LogP contribution in [0.25, 0.3) is 0 Å². The summed E-state index contributed by atoms with van der Waals surface area (Å²) in [6.07, 6.45) is 3.23. The Bertz CT molecular complexity index is 315. The lowest BCUT2D eigenvalue weighted by molar-refractivity contribution is -0.144. The monoisotopic (exact) mass is 269 g/mol. The van der Waals surface area contributed by atoms with E-state index < -0.39 is 0 Å². The van der Waals surface area contributed by atoms with Crippen LogP contribution in [0.15, 0.2) is 0 Å². The van der Waals surface area contributed by atoms with Crippen molar-refractivity contribution >= 4 is 11.9 Å². The molecule has 0 aromatic carbocycles. The Morgan fingerprint density at radius 1 is 1.32 bits per heavy atom. The highest BCUT2D eigenvalue weighted by Crippen LogP contribution is 2.37. The van der Waals surface area contributed by atoms with Crippen LogP contribution in [0.5, 0.6) is 0 Å². The Morgan fingerprint density at radius 2 is 2.00 bits per heavy atom. The van der Waals surface area contributed by atoms with E-state index in [0.717, 1.165) is 12.8 Å². The number of nitrogens with one attached hydrogen (secondary N) is 1. The number of amides is 1. The van der Waals surface area contributed by atoms with Crippen molar-refractivity contribution < 1.29 is 14.3 Å². The third-order valence-electron chi connectivity index (χ3n) is 4.07. The normalized spacial score (nSPS) is 27.1. The molecular weight excluding hydrogens is 242 g/mol. The lowest BCUT2D eigenvalue weighted by atomic mass is 9.70. The number of hydrogen-bond acceptors (Lipinski definition) is 3. The summed E-state index contributed by atoms with van der Waals surface area (Å²) in [4.78, 5) is 23.5. The lowest BCUT2D eigenvalue weighted by Gasteiger charge is -2.36. The van der Waals surface area contributed by atoms with Crippen molar-refractivity contribution in [3.05, 3.63) is 0 Å². The van der Waals surface area contributed by atoms with Gasteiger partial charge >= 0.3 is 5.97 Å². The Kier molecular flexibility index (Phi) is 6.32. The average Bonchev–Trinajstić information content (AvgIpc) is 2.35. The molecule has 0 aliphatic heterocycles. The molecule has 3 atom stereocenters. The SMILES string of the molecule is CCOC(=O)CNC(=O)[C@@H]1C[C@@H](C)CCC1C(C)C. The van der Waals surface area contributed by atoms with Crippen molar-refractivity contribution in [2.75, 3.05) is 13.2 Å². The van der Waals surface area contributed by atoms with Gasteiger partial charge in [0.25, 0.3) is 0 Å². The topological polar surface area (TPSA) is 55.4 Å². The third kappa shape index (κ3) is 4.84. The summed E-state index contributed by atoms with van der Waals surface area (Å²) in [6.45, 7) is 8.64. The number of carbonyl (C=O) groups is 2. The van der Waals surface area contributed by atoms with Crippen molar-refractivity contribution in [1.29, 1.82) is 0 Å². The van der Waals surface area contributed by atoms with Crippen molar-refractivity contribution in [3.63, 3.8) is 0 Å². The maximum atomic E-state index is 12.2. The minimum absolute atomic E-state index is 0.0115. The number of hydrogen-bond donors (Lipinski definition) is 1. The summed E-state index contributed by atoms with van der Waals surface area (Å²) in [5.41, 5.74) is 0. The molecule has 0 radical (unpaired) electrons. The largest absolute Gasteiger partial charge is 0.465 e. The predicted octanol–water partition coefficient (Wildman–Crippen LogP) is 2.37. The van der Waals surface area contributed by atoms with E-state index in [9.17, 15) is 9.59 Å². The first-order valence-corrected chi connectivity index (χ1v) is 7.39. The first-order chi connectivity index (χ1) is 8.95. The molecule has 1 saturated carbocycles. The highest BCUT2D eigenvalue weighted by Gasteiger charge is 2.35. The molecule has 1 rings (SSSR count). The molecule has 1 fully saturated rings. The highest BCUT2D eigenvalue weighted by atomic mass is 16.5. The molecule has 19 heavy (non-hydrogen) atoms. The molecule has 1 aliphatic rings. The second kappa shape index (κ2) is 7.51. The molecular formula is C15H27NO3. The standard InChI is InChI=1S/C15H27NO3/c1-5-19-14(17)9-16-15(18)13-8-11(4)6-7-12(13)10(2)3/h10-13H,5-9H2,1-4H3,(H,16,18)/t11-,12?,13+/m0/s1. The van der Waals surface area contributed by atoms with Gasteiger partial charge in [0.1, 0.15) is 6.54 Å². The fourth-order valence-electron chi connectivity index (χ4n) is 3.01. The van der Waals surface area contributed by atoms with Crippen molar-refractivity contribution in [3.8, 4) is 0 Å². The summed E-state index contributed by atoms with van der Waals surface area (Å²) in [6, 6.07) is 0. The number of carbonyl (C=O) groups excluding carboxylic acids is 2. The number of ether oxygens (including phenoxy) is 1. The van der Waals surface area contributed by atoms with E-state index in [1.54, 1.807) is 6.92 Å². The zero-order valence-electron chi connectivity index (χ0n) is 12.6. The summed E-state index contributed by atoms with van der Waals surface area (Å²) in [5, 5.41) is 2.73.